The molecular weight excluding hydrogens is 287 g/mol. The van der Waals surface area contributed by atoms with Crippen molar-refractivity contribution < 1.29 is 27.4 Å². The molecule has 3 fully saturated rings. The normalized spacial score (nSPS) is 33.7. The first-order valence-corrected chi connectivity index (χ1v) is 7.25. The van der Waals surface area contributed by atoms with Gasteiger partial charge in [0.1, 0.15) is 6.10 Å². The van der Waals surface area contributed by atoms with Crippen molar-refractivity contribution in [3.63, 3.8) is 0 Å². The molecule has 21 heavy (non-hydrogen) atoms. The molecule has 4 nitrogen and oxygen atoms in total. The highest BCUT2D eigenvalue weighted by Gasteiger charge is 2.64. The number of rotatable bonds is 2. The Hall–Kier alpha value is -0.820. The smallest absolute Gasteiger partial charge is 0.376 e. The SMILES string of the molecule is CC1(C)CN(C(=O)CC2(C(F)(F)F)CC2)[C@@H]2COC[C@H]2O1. The molecule has 1 aliphatic carbocycles. The maximum atomic E-state index is 13.0. The number of fused-ring (bicyclic) bond motifs is 1. The van der Waals surface area contributed by atoms with E-state index in [4.69, 9.17) is 9.47 Å². The molecule has 0 spiro atoms. The minimum atomic E-state index is -4.30. The highest BCUT2D eigenvalue weighted by Crippen LogP contribution is 2.60. The van der Waals surface area contributed by atoms with Crippen LogP contribution in [0.2, 0.25) is 0 Å². The number of hydrogen-bond donors (Lipinski definition) is 0. The Kier molecular flexibility index (Phi) is 3.30. The second-order valence-corrected chi connectivity index (χ2v) is 7.00. The molecule has 0 aromatic rings. The molecule has 3 aliphatic rings. The maximum Gasteiger partial charge on any atom is 0.395 e. The molecule has 0 N–H and O–H groups in total. The van der Waals surface area contributed by atoms with Gasteiger partial charge in [-0.2, -0.15) is 13.2 Å². The van der Waals surface area contributed by atoms with Crippen molar-refractivity contribution in [2.75, 3.05) is 19.8 Å². The molecule has 0 aromatic carbocycles. The van der Waals surface area contributed by atoms with Crippen LogP contribution in [0.4, 0.5) is 13.2 Å². The molecule has 0 bridgehead atoms. The number of halogens is 3. The van der Waals surface area contributed by atoms with Gasteiger partial charge >= 0.3 is 6.18 Å². The Balaban J connectivity index is 1.74. The molecular formula is C14H20F3NO3. The van der Waals surface area contributed by atoms with Crippen LogP contribution in [-0.2, 0) is 14.3 Å². The van der Waals surface area contributed by atoms with Gasteiger partial charge in [-0.1, -0.05) is 0 Å². The van der Waals surface area contributed by atoms with E-state index in [9.17, 15) is 18.0 Å². The van der Waals surface area contributed by atoms with Crippen molar-refractivity contribution in [1.82, 2.24) is 4.90 Å². The van der Waals surface area contributed by atoms with Gasteiger partial charge in [0.05, 0.1) is 30.3 Å². The molecule has 2 atom stereocenters. The van der Waals surface area contributed by atoms with Crippen molar-refractivity contribution in [2.45, 2.75) is 57.0 Å². The van der Waals surface area contributed by atoms with Crippen LogP contribution in [0.5, 0.6) is 0 Å². The summed E-state index contributed by atoms with van der Waals surface area (Å²) in [7, 11) is 0. The summed E-state index contributed by atoms with van der Waals surface area (Å²) in [6.45, 7) is 4.73. The predicted octanol–water partition coefficient (Wildman–Crippen LogP) is 2.12. The van der Waals surface area contributed by atoms with E-state index in [0.717, 1.165) is 0 Å². The summed E-state index contributed by atoms with van der Waals surface area (Å²) >= 11 is 0. The van der Waals surface area contributed by atoms with Crippen LogP contribution in [0.25, 0.3) is 0 Å². The summed E-state index contributed by atoms with van der Waals surface area (Å²) in [5, 5.41) is 0. The molecule has 2 saturated heterocycles. The van der Waals surface area contributed by atoms with Crippen molar-refractivity contribution in [3.05, 3.63) is 0 Å². The second kappa shape index (κ2) is 4.59. The van der Waals surface area contributed by atoms with Crippen LogP contribution in [0.15, 0.2) is 0 Å². The van der Waals surface area contributed by atoms with Gasteiger partial charge in [0.2, 0.25) is 5.91 Å². The van der Waals surface area contributed by atoms with E-state index < -0.39 is 29.5 Å². The third-order valence-corrected chi connectivity index (χ3v) is 4.69. The molecule has 0 unspecified atom stereocenters. The zero-order valence-electron chi connectivity index (χ0n) is 12.2. The Morgan fingerprint density at radius 3 is 2.52 bits per heavy atom. The molecule has 120 valence electrons. The van der Waals surface area contributed by atoms with Gasteiger partial charge in [-0.3, -0.25) is 4.79 Å². The average molecular weight is 307 g/mol. The van der Waals surface area contributed by atoms with E-state index in [1.807, 2.05) is 13.8 Å². The summed E-state index contributed by atoms with van der Waals surface area (Å²) in [4.78, 5) is 14.0. The molecule has 2 aliphatic heterocycles. The zero-order chi connectivity index (χ0) is 15.5. The third kappa shape index (κ3) is 2.65. The topological polar surface area (TPSA) is 38.8 Å². The lowest BCUT2D eigenvalue weighted by Crippen LogP contribution is -2.60. The van der Waals surface area contributed by atoms with E-state index in [1.165, 1.54) is 0 Å². The van der Waals surface area contributed by atoms with Gasteiger partial charge in [-0.15, -0.1) is 0 Å². The highest BCUT2D eigenvalue weighted by molar-refractivity contribution is 5.78. The van der Waals surface area contributed by atoms with Crippen LogP contribution in [0.1, 0.15) is 33.1 Å². The quantitative estimate of drug-likeness (QED) is 0.784. The second-order valence-electron chi connectivity index (χ2n) is 7.00. The van der Waals surface area contributed by atoms with E-state index >= 15 is 0 Å². The standard InChI is InChI=1S/C14H20F3NO3/c1-12(2)8-18(9-6-20-7-10(9)21-12)11(19)5-13(3-4-13)14(15,16)17/h9-10H,3-8H2,1-2H3/t9-,10-/m1/s1. The summed E-state index contributed by atoms with van der Waals surface area (Å²) < 4.78 is 50.3. The number of amides is 1. The van der Waals surface area contributed by atoms with Gasteiger partial charge in [0.15, 0.2) is 0 Å². The van der Waals surface area contributed by atoms with Gasteiger partial charge in [-0.05, 0) is 26.7 Å². The van der Waals surface area contributed by atoms with Crippen molar-refractivity contribution in [1.29, 1.82) is 0 Å². The molecule has 7 heteroatoms. The molecule has 0 radical (unpaired) electrons. The van der Waals surface area contributed by atoms with E-state index in [0.29, 0.717) is 19.8 Å². The lowest BCUT2D eigenvalue weighted by molar-refractivity contribution is -0.198. The number of alkyl halides is 3. The minimum absolute atomic E-state index is 0.0561. The van der Waals surface area contributed by atoms with Gasteiger partial charge in [-0.25, -0.2) is 0 Å². The summed E-state index contributed by atoms with van der Waals surface area (Å²) in [5.74, 6) is -0.429. The number of carbonyl (C=O) groups is 1. The lowest BCUT2D eigenvalue weighted by Gasteiger charge is -2.45. The number of hydrogen-bond acceptors (Lipinski definition) is 3. The van der Waals surface area contributed by atoms with E-state index in [-0.39, 0.29) is 25.0 Å². The Morgan fingerprint density at radius 2 is 1.95 bits per heavy atom. The summed E-state index contributed by atoms with van der Waals surface area (Å²) in [6, 6.07) is -0.255. The van der Waals surface area contributed by atoms with Crippen LogP contribution >= 0.6 is 0 Å². The van der Waals surface area contributed by atoms with Crippen molar-refractivity contribution >= 4 is 5.91 Å². The fourth-order valence-electron chi connectivity index (χ4n) is 3.28. The fraction of sp³-hybridized carbons (Fsp3) is 0.929. The van der Waals surface area contributed by atoms with Crippen LogP contribution in [0, 0.1) is 5.41 Å². The highest BCUT2D eigenvalue weighted by atomic mass is 19.4. The molecule has 0 aromatic heterocycles. The van der Waals surface area contributed by atoms with E-state index in [1.54, 1.807) is 4.90 Å². The summed E-state index contributed by atoms with van der Waals surface area (Å²) in [6.07, 6.45) is -4.87. The third-order valence-electron chi connectivity index (χ3n) is 4.69. The first kappa shape index (κ1) is 15.1. The number of nitrogens with zero attached hydrogens (tertiary/aromatic N) is 1. The number of morpholine rings is 1. The van der Waals surface area contributed by atoms with Crippen molar-refractivity contribution in [2.24, 2.45) is 5.41 Å². The maximum absolute atomic E-state index is 13.0. The molecule has 2 heterocycles. The van der Waals surface area contributed by atoms with Gasteiger partial charge < -0.3 is 14.4 Å². The van der Waals surface area contributed by atoms with Gasteiger partial charge in [0, 0.05) is 13.0 Å². The zero-order valence-corrected chi connectivity index (χ0v) is 12.2. The minimum Gasteiger partial charge on any atom is -0.376 e. The monoisotopic (exact) mass is 307 g/mol. The van der Waals surface area contributed by atoms with Gasteiger partial charge in [0.25, 0.3) is 0 Å². The largest absolute Gasteiger partial charge is 0.395 e. The van der Waals surface area contributed by atoms with Crippen LogP contribution < -0.4 is 0 Å². The first-order chi connectivity index (χ1) is 9.64. The first-order valence-electron chi connectivity index (χ1n) is 7.25. The predicted molar refractivity (Wildman–Crippen MR) is 67.6 cm³/mol. The Labute approximate surface area is 121 Å². The Bertz CT molecular complexity index is 445. The molecule has 1 amide bonds. The van der Waals surface area contributed by atoms with Crippen LogP contribution in [0.3, 0.4) is 0 Å². The fourth-order valence-corrected chi connectivity index (χ4v) is 3.28. The van der Waals surface area contributed by atoms with Crippen LogP contribution in [-0.4, -0.2) is 54.5 Å². The molecule has 1 saturated carbocycles. The number of carbonyl (C=O) groups excluding carboxylic acids is 1. The average Bonchev–Trinajstić information content (AvgIpc) is 2.98. The summed E-state index contributed by atoms with van der Waals surface area (Å²) in [5.41, 5.74) is -2.35. The lowest BCUT2D eigenvalue weighted by atomic mass is 9.96. The van der Waals surface area contributed by atoms with E-state index in [2.05, 4.69) is 0 Å². The Morgan fingerprint density at radius 1 is 1.29 bits per heavy atom. The number of ether oxygens (including phenoxy) is 2. The van der Waals surface area contributed by atoms with Crippen molar-refractivity contribution in [3.8, 4) is 0 Å². The molecule has 3 rings (SSSR count).